The first-order chi connectivity index (χ1) is 8.72. The maximum absolute atomic E-state index is 12.6. The van der Waals surface area contributed by atoms with E-state index in [-0.39, 0.29) is 11.5 Å². The second-order valence-electron chi connectivity index (χ2n) is 3.54. The second kappa shape index (κ2) is 5.31. The Hall–Kier alpha value is -2.03. The maximum atomic E-state index is 12.6. The first-order valence-corrected chi connectivity index (χ1v) is 4.95. The van der Waals surface area contributed by atoms with Gasteiger partial charge in [-0.25, -0.2) is 0 Å². The Morgan fingerprint density at radius 3 is 2.11 bits per heavy atom. The van der Waals surface area contributed by atoms with Crippen molar-refractivity contribution in [2.24, 2.45) is 5.73 Å². The third-order valence-corrected chi connectivity index (χ3v) is 2.42. The molecule has 0 aliphatic rings. The van der Waals surface area contributed by atoms with Gasteiger partial charge in [-0.15, -0.1) is 0 Å². The fourth-order valence-electron chi connectivity index (χ4n) is 1.47. The number of ether oxygens (including phenoxy) is 2. The summed E-state index contributed by atoms with van der Waals surface area (Å²) in [4.78, 5) is 9.85. The van der Waals surface area contributed by atoms with Crippen molar-refractivity contribution in [1.82, 2.24) is 0 Å². The molecule has 0 aromatic heterocycles. The molecule has 1 aromatic rings. The van der Waals surface area contributed by atoms with Gasteiger partial charge in [0.05, 0.1) is 30.8 Å². The highest BCUT2D eigenvalue weighted by Crippen LogP contribution is 2.41. The molecule has 0 bridgehead atoms. The van der Waals surface area contributed by atoms with Crippen molar-refractivity contribution < 1.29 is 27.6 Å². The lowest BCUT2D eigenvalue weighted by Gasteiger charge is -2.17. The number of nitro groups is 1. The molecular formula is C10H11F3N2O4. The predicted molar refractivity (Wildman–Crippen MR) is 59.2 cm³/mol. The third-order valence-electron chi connectivity index (χ3n) is 2.42. The van der Waals surface area contributed by atoms with E-state index in [0.717, 1.165) is 12.1 Å². The monoisotopic (exact) mass is 280 g/mol. The van der Waals surface area contributed by atoms with Crippen molar-refractivity contribution in [1.29, 1.82) is 0 Å². The van der Waals surface area contributed by atoms with Gasteiger partial charge in [-0.3, -0.25) is 10.1 Å². The molecule has 0 aliphatic carbocycles. The van der Waals surface area contributed by atoms with Crippen molar-refractivity contribution >= 4 is 5.69 Å². The zero-order valence-electron chi connectivity index (χ0n) is 10.0. The smallest absolute Gasteiger partial charge is 0.407 e. The standard InChI is InChI=1S/C10H11F3N2O4/c1-18-7-3-5(9(14)10(11,12)13)6(15(16)17)4-8(7)19-2/h3-4,9H,14H2,1-2H3. The van der Waals surface area contributed by atoms with Crippen molar-refractivity contribution in [2.45, 2.75) is 12.2 Å². The summed E-state index contributed by atoms with van der Waals surface area (Å²) in [5.74, 6) is -0.116. The van der Waals surface area contributed by atoms with Crippen LogP contribution in [0.4, 0.5) is 18.9 Å². The van der Waals surface area contributed by atoms with Gasteiger partial charge in [0.25, 0.3) is 5.69 Å². The molecule has 19 heavy (non-hydrogen) atoms. The van der Waals surface area contributed by atoms with E-state index in [0.29, 0.717) is 0 Å². The van der Waals surface area contributed by atoms with Crippen LogP contribution in [0.3, 0.4) is 0 Å². The number of rotatable bonds is 4. The minimum atomic E-state index is -4.80. The molecule has 6 nitrogen and oxygen atoms in total. The van der Waals surface area contributed by atoms with E-state index in [1.165, 1.54) is 14.2 Å². The van der Waals surface area contributed by atoms with Gasteiger partial charge in [0.1, 0.15) is 6.04 Å². The summed E-state index contributed by atoms with van der Waals surface area (Å²) in [7, 11) is 2.41. The van der Waals surface area contributed by atoms with Crippen LogP contribution in [0.15, 0.2) is 12.1 Å². The lowest BCUT2D eigenvalue weighted by atomic mass is 10.0. The van der Waals surface area contributed by atoms with Gasteiger partial charge in [-0.05, 0) is 6.07 Å². The quantitative estimate of drug-likeness (QED) is 0.674. The van der Waals surface area contributed by atoms with Crippen LogP contribution in [0.25, 0.3) is 0 Å². The highest BCUT2D eigenvalue weighted by molar-refractivity contribution is 5.55. The number of nitro benzene ring substituents is 1. The molecule has 0 heterocycles. The minimum Gasteiger partial charge on any atom is -0.493 e. The third kappa shape index (κ3) is 3.05. The Balaban J connectivity index is 3.48. The summed E-state index contributed by atoms with van der Waals surface area (Å²) in [6.07, 6.45) is -4.80. The van der Waals surface area contributed by atoms with Crippen LogP contribution in [0.1, 0.15) is 11.6 Å². The molecule has 1 aromatic carbocycles. The number of nitrogens with zero attached hydrogens (tertiary/aromatic N) is 1. The molecule has 0 aliphatic heterocycles. The molecule has 1 unspecified atom stereocenters. The number of benzene rings is 1. The summed E-state index contributed by atoms with van der Waals surface area (Å²) in [5.41, 5.74) is 3.54. The number of alkyl halides is 3. The lowest BCUT2D eigenvalue weighted by Crippen LogP contribution is -2.29. The fourth-order valence-corrected chi connectivity index (χ4v) is 1.47. The predicted octanol–water partition coefficient (Wildman–Crippen LogP) is 2.17. The molecule has 1 rings (SSSR count). The van der Waals surface area contributed by atoms with Crippen LogP contribution >= 0.6 is 0 Å². The van der Waals surface area contributed by atoms with Crippen molar-refractivity contribution in [3.63, 3.8) is 0 Å². The zero-order valence-corrected chi connectivity index (χ0v) is 10.0. The Morgan fingerprint density at radius 2 is 1.74 bits per heavy atom. The molecule has 0 fully saturated rings. The van der Waals surface area contributed by atoms with Gasteiger partial charge >= 0.3 is 6.18 Å². The molecule has 0 saturated carbocycles. The minimum absolute atomic E-state index is 0.0488. The van der Waals surface area contributed by atoms with Crippen molar-refractivity contribution in [3.8, 4) is 11.5 Å². The Bertz CT molecular complexity index is 490. The van der Waals surface area contributed by atoms with E-state index < -0.39 is 28.4 Å². The van der Waals surface area contributed by atoms with Gasteiger partial charge < -0.3 is 15.2 Å². The average molecular weight is 280 g/mol. The lowest BCUT2D eigenvalue weighted by molar-refractivity contribution is -0.386. The molecular weight excluding hydrogens is 269 g/mol. The van der Waals surface area contributed by atoms with Crippen molar-refractivity contribution in [2.75, 3.05) is 14.2 Å². The SMILES string of the molecule is COc1cc(C(N)C(F)(F)F)c([N+](=O)[O-])cc1OC. The highest BCUT2D eigenvalue weighted by Gasteiger charge is 2.42. The van der Waals surface area contributed by atoms with Crippen LogP contribution in [-0.4, -0.2) is 25.3 Å². The van der Waals surface area contributed by atoms with E-state index in [2.05, 4.69) is 0 Å². The largest absolute Gasteiger partial charge is 0.493 e. The Morgan fingerprint density at radius 1 is 1.26 bits per heavy atom. The van der Waals surface area contributed by atoms with Crippen LogP contribution in [0.5, 0.6) is 11.5 Å². The van der Waals surface area contributed by atoms with E-state index in [1.54, 1.807) is 0 Å². The molecule has 0 amide bonds. The molecule has 0 radical (unpaired) electrons. The summed E-state index contributed by atoms with van der Waals surface area (Å²) in [5, 5.41) is 10.8. The van der Waals surface area contributed by atoms with E-state index in [9.17, 15) is 23.3 Å². The maximum Gasteiger partial charge on any atom is 0.407 e. The number of hydrogen-bond donors (Lipinski definition) is 1. The van der Waals surface area contributed by atoms with Crippen LogP contribution in [0.2, 0.25) is 0 Å². The van der Waals surface area contributed by atoms with Gasteiger partial charge in [0, 0.05) is 0 Å². The van der Waals surface area contributed by atoms with E-state index in [4.69, 9.17) is 15.2 Å². The fraction of sp³-hybridized carbons (Fsp3) is 0.400. The van der Waals surface area contributed by atoms with Crippen molar-refractivity contribution in [3.05, 3.63) is 27.8 Å². The Labute approximate surface area is 106 Å². The van der Waals surface area contributed by atoms with Crippen LogP contribution < -0.4 is 15.2 Å². The molecule has 2 N–H and O–H groups in total. The van der Waals surface area contributed by atoms with Gasteiger partial charge in [0.2, 0.25) is 0 Å². The molecule has 1 atom stereocenters. The number of halogens is 3. The average Bonchev–Trinajstić information content (AvgIpc) is 2.34. The first-order valence-electron chi connectivity index (χ1n) is 4.95. The van der Waals surface area contributed by atoms with E-state index in [1.807, 2.05) is 0 Å². The summed E-state index contributed by atoms with van der Waals surface area (Å²) < 4.78 is 47.3. The van der Waals surface area contributed by atoms with Crippen LogP contribution in [-0.2, 0) is 0 Å². The Kier molecular flexibility index (Phi) is 4.20. The summed E-state index contributed by atoms with van der Waals surface area (Å²) in [6.45, 7) is 0. The second-order valence-corrected chi connectivity index (χ2v) is 3.54. The number of methoxy groups -OCH3 is 2. The number of nitrogens with two attached hydrogens (primary N) is 1. The van der Waals surface area contributed by atoms with Crippen LogP contribution in [0, 0.1) is 10.1 Å². The van der Waals surface area contributed by atoms with E-state index >= 15 is 0 Å². The molecule has 106 valence electrons. The summed E-state index contributed by atoms with van der Waals surface area (Å²) >= 11 is 0. The summed E-state index contributed by atoms with van der Waals surface area (Å²) in [6, 6.07) is -0.776. The first kappa shape index (κ1) is 15.0. The normalized spacial score (nSPS) is 12.9. The molecule has 0 spiro atoms. The zero-order chi connectivity index (χ0) is 14.8. The highest BCUT2D eigenvalue weighted by atomic mass is 19.4. The molecule has 0 saturated heterocycles. The topological polar surface area (TPSA) is 87.6 Å². The van der Waals surface area contributed by atoms with Gasteiger partial charge in [-0.1, -0.05) is 0 Å². The van der Waals surface area contributed by atoms with Gasteiger partial charge in [0.15, 0.2) is 11.5 Å². The molecule has 9 heteroatoms. The number of hydrogen-bond acceptors (Lipinski definition) is 5. The van der Waals surface area contributed by atoms with Gasteiger partial charge in [-0.2, -0.15) is 13.2 Å².